The molecule has 0 aromatic heterocycles. The van der Waals surface area contributed by atoms with Crippen molar-refractivity contribution < 1.29 is 9.90 Å². The predicted octanol–water partition coefficient (Wildman–Crippen LogP) is 1.46. The van der Waals surface area contributed by atoms with E-state index in [1.165, 1.54) is 0 Å². The maximum atomic E-state index is 10.8. The molecule has 0 radical (unpaired) electrons. The number of hydrogen-bond donors (Lipinski definition) is 2. The predicted molar refractivity (Wildman–Crippen MR) is 54.9 cm³/mol. The van der Waals surface area contributed by atoms with Gasteiger partial charge in [0.25, 0.3) is 0 Å². The van der Waals surface area contributed by atoms with Crippen LogP contribution in [-0.4, -0.2) is 27.6 Å². The Morgan fingerprint density at radius 1 is 1.77 bits per heavy atom. The van der Waals surface area contributed by atoms with Crippen LogP contribution in [0.25, 0.3) is 0 Å². The average molecular weight is 203 g/mol. The zero-order valence-corrected chi connectivity index (χ0v) is 8.77. The number of rotatable bonds is 4. The van der Waals surface area contributed by atoms with Gasteiger partial charge in [-0.3, -0.25) is 4.79 Å². The number of carbonyl (C=O) groups is 1. The van der Waals surface area contributed by atoms with E-state index in [1.54, 1.807) is 0 Å². The lowest BCUT2D eigenvalue weighted by atomic mass is 10.0. The molecule has 13 heavy (non-hydrogen) atoms. The summed E-state index contributed by atoms with van der Waals surface area (Å²) in [6.07, 6.45) is 3.36. The first kappa shape index (κ1) is 10.9. The van der Waals surface area contributed by atoms with Crippen LogP contribution in [0.15, 0.2) is 0 Å². The van der Waals surface area contributed by atoms with E-state index in [0.29, 0.717) is 18.1 Å². The summed E-state index contributed by atoms with van der Waals surface area (Å²) in [7, 11) is 0. The number of nitrogens with two attached hydrogens (primary N) is 1. The molecule has 1 saturated carbocycles. The molecule has 3 nitrogen and oxygen atoms in total. The monoisotopic (exact) mass is 203 g/mol. The summed E-state index contributed by atoms with van der Waals surface area (Å²) >= 11 is 1.86. The van der Waals surface area contributed by atoms with Gasteiger partial charge in [0.1, 0.15) is 5.54 Å². The van der Waals surface area contributed by atoms with E-state index in [-0.39, 0.29) is 0 Å². The average Bonchev–Trinajstić information content (AvgIpc) is 2.45. The second kappa shape index (κ2) is 4.33. The molecule has 1 fully saturated rings. The third kappa shape index (κ3) is 2.61. The van der Waals surface area contributed by atoms with E-state index < -0.39 is 11.5 Å². The smallest absolute Gasteiger partial charge is 0.323 e. The fourth-order valence-electron chi connectivity index (χ4n) is 1.65. The fraction of sp³-hybridized carbons (Fsp3) is 0.889. The minimum atomic E-state index is -0.939. The van der Waals surface area contributed by atoms with Crippen LogP contribution < -0.4 is 5.73 Å². The molecule has 2 atom stereocenters. The summed E-state index contributed by atoms with van der Waals surface area (Å²) in [4.78, 5) is 10.8. The Hall–Kier alpha value is -0.220. The highest BCUT2D eigenvalue weighted by atomic mass is 32.2. The largest absolute Gasteiger partial charge is 0.480 e. The second-order valence-corrected chi connectivity index (χ2v) is 5.11. The molecule has 76 valence electrons. The van der Waals surface area contributed by atoms with Crippen LogP contribution in [0, 0.1) is 0 Å². The van der Waals surface area contributed by atoms with Crippen LogP contribution in [0.3, 0.4) is 0 Å². The van der Waals surface area contributed by atoms with Crippen molar-refractivity contribution >= 4 is 17.7 Å². The molecule has 2 unspecified atom stereocenters. The van der Waals surface area contributed by atoms with Crippen LogP contribution in [0.2, 0.25) is 0 Å². The summed E-state index contributed by atoms with van der Waals surface area (Å²) in [5.41, 5.74) is 4.81. The summed E-state index contributed by atoms with van der Waals surface area (Å²) in [5.74, 6) is 0.271. The first-order chi connectivity index (χ1) is 6.08. The Bertz CT molecular complexity index is 198. The molecule has 4 heteroatoms. The first-order valence-corrected chi connectivity index (χ1v) is 5.77. The standard InChI is InChI=1S/C9H17NO2S/c1-2-5-13-7-3-4-9(10,6-7)8(11)12/h7H,2-6,10H2,1H3,(H,11,12). The van der Waals surface area contributed by atoms with Gasteiger partial charge in [-0.2, -0.15) is 11.8 Å². The van der Waals surface area contributed by atoms with Crippen molar-refractivity contribution in [3.63, 3.8) is 0 Å². The van der Waals surface area contributed by atoms with Gasteiger partial charge in [-0.1, -0.05) is 6.92 Å². The van der Waals surface area contributed by atoms with Crippen molar-refractivity contribution in [3.05, 3.63) is 0 Å². The number of carboxylic acids is 1. The summed E-state index contributed by atoms with van der Waals surface area (Å²) < 4.78 is 0. The van der Waals surface area contributed by atoms with Gasteiger partial charge in [-0.15, -0.1) is 0 Å². The maximum Gasteiger partial charge on any atom is 0.323 e. The molecule has 0 bridgehead atoms. The molecule has 0 saturated heterocycles. The van der Waals surface area contributed by atoms with Gasteiger partial charge in [0.15, 0.2) is 0 Å². The Morgan fingerprint density at radius 3 is 2.92 bits per heavy atom. The van der Waals surface area contributed by atoms with Crippen molar-refractivity contribution in [2.75, 3.05) is 5.75 Å². The summed E-state index contributed by atoms with van der Waals surface area (Å²) in [6.45, 7) is 2.13. The topological polar surface area (TPSA) is 63.3 Å². The number of thioether (sulfide) groups is 1. The molecule has 1 rings (SSSR count). The third-order valence-corrected chi connectivity index (χ3v) is 4.01. The van der Waals surface area contributed by atoms with Crippen molar-refractivity contribution in [1.29, 1.82) is 0 Å². The molecule has 0 aliphatic heterocycles. The van der Waals surface area contributed by atoms with E-state index in [2.05, 4.69) is 6.92 Å². The zero-order chi connectivity index (χ0) is 9.90. The van der Waals surface area contributed by atoms with Gasteiger partial charge in [0.05, 0.1) is 0 Å². The Balaban J connectivity index is 2.39. The highest BCUT2D eigenvalue weighted by Crippen LogP contribution is 2.35. The maximum absolute atomic E-state index is 10.8. The lowest BCUT2D eigenvalue weighted by Gasteiger charge is -2.17. The van der Waals surface area contributed by atoms with Gasteiger partial charge in [-0.05, 0) is 31.4 Å². The molecule has 0 heterocycles. The van der Waals surface area contributed by atoms with Gasteiger partial charge in [-0.25, -0.2) is 0 Å². The summed E-state index contributed by atoms with van der Waals surface area (Å²) in [6, 6.07) is 0. The van der Waals surface area contributed by atoms with E-state index in [4.69, 9.17) is 10.8 Å². The van der Waals surface area contributed by atoms with E-state index in [0.717, 1.165) is 18.6 Å². The number of hydrogen-bond acceptors (Lipinski definition) is 3. The highest BCUT2D eigenvalue weighted by Gasteiger charge is 2.41. The van der Waals surface area contributed by atoms with Crippen LogP contribution in [0.5, 0.6) is 0 Å². The molecule has 3 N–H and O–H groups in total. The zero-order valence-electron chi connectivity index (χ0n) is 7.95. The third-order valence-electron chi connectivity index (χ3n) is 2.49. The number of carboxylic acid groups (broad SMARTS) is 1. The minimum absolute atomic E-state index is 0.459. The quantitative estimate of drug-likeness (QED) is 0.726. The van der Waals surface area contributed by atoms with Gasteiger partial charge in [0, 0.05) is 5.25 Å². The first-order valence-electron chi connectivity index (χ1n) is 4.72. The van der Waals surface area contributed by atoms with Crippen molar-refractivity contribution in [3.8, 4) is 0 Å². The molecule has 0 aromatic rings. The molecule has 0 amide bonds. The molecular formula is C9H17NO2S. The van der Waals surface area contributed by atoms with Crippen molar-refractivity contribution in [2.45, 2.75) is 43.4 Å². The van der Waals surface area contributed by atoms with Crippen molar-refractivity contribution in [1.82, 2.24) is 0 Å². The Kier molecular flexibility index (Phi) is 3.62. The second-order valence-electron chi connectivity index (χ2n) is 3.70. The molecular weight excluding hydrogens is 186 g/mol. The van der Waals surface area contributed by atoms with Crippen LogP contribution in [-0.2, 0) is 4.79 Å². The van der Waals surface area contributed by atoms with E-state index in [9.17, 15) is 4.79 Å². The Morgan fingerprint density at radius 2 is 2.46 bits per heavy atom. The van der Waals surface area contributed by atoms with Gasteiger partial charge >= 0.3 is 5.97 Å². The SMILES string of the molecule is CCCSC1CCC(N)(C(=O)O)C1. The minimum Gasteiger partial charge on any atom is -0.480 e. The van der Waals surface area contributed by atoms with E-state index in [1.807, 2.05) is 11.8 Å². The molecule has 0 aromatic carbocycles. The molecule has 0 spiro atoms. The highest BCUT2D eigenvalue weighted by molar-refractivity contribution is 7.99. The number of aliphatic carboxylic acids is 1. The van der Waals surface area contributed by atoms with Crippen molar-refractivity contribution in [2.24, 2.45) is 5.73 Å². The lowest BCUT2D eigenvalue weighted by Crippen LogP contribution is -2.45. The molecule has 1 aliphatic rings. The fourth-order valence-corrected chi connectivity index (χ4v) is 2.92. The normalized spacial score (nSPS) is 33.5. The van der Waals surface area contributed by atoms with E-state index >= 15 is 0 Å². The Labute approximate surface area is 83.1 Å². The lowest BCUT2D eigenvalue weighted by molar-refractivity contribution is -0.143. The van der Waals surface area contributed by atoms with Gasteiger partial charge in [0.2, 0.25) is 0 Å². The van der Waals surface area contributed by atoms with Crippen LogP contribution in [0.4, 0.5) is 0 Å². The van der Waals surface area contributed by atoms with Crippen LogP contribution in [0.1, 0.15) is 32.6 Å². The van der Waals surface area contributed by atoms with Crippen LogP contribution >= 0.6 is 11.8 Å². The molecule has 1 aliphatic carbocycles. The summed E-state index contributed by atoms with van der Waals surface area (Å²) in [5, 5.41) is 9.34. The van der Waals surface area contributed by atoms with Gasteiger partial charge < -0.3 is 10.8 Å².